The van der Waals surface area contributed by atoms with Gasteiger partial charge < -0.3 is 4.74 Å². The summed E-state index contributed by atoms with van der Waals surface area (Å²) in [5.74, 6) is 0.653. The van der Waals surface area contributed by atoms with E-state index in [0.29, 0.717) is 16.9 Å². The molecule has 0 atom stereocenters. The molecule has 0 aromatic heterocycles. The first-order valence-corrected chi connectivity index (χ1v) is 7.61. The zero-order valence-corrected chi connectivity index (χ0v) is 14.6. The van der Waals surface area contributed by atoms with Gasteiger partial charge in [0, 0.05) is 10.0 Å². The van der Waals surface area contributed by atoms with Crippen molar-refractivity contribution in [1.29, 1.82) is 0 Å². The van der Waals surface area contributed by atoms with Crippen molar-refractivity contribution in [2.45, 2.75) is 27.7 Å². The molecule has 0 N–H and O–H groups in total. The van der Waals surface area contributed by atoms with Gasteiger partial charge in [-0.25, -0.2) is 0 Å². The van der Waals surface area contributed by atoms with Gasteiger partial charge in [-0.1, -0.05) is 33.1 Å². The molecule has 0 heterocycles. The van der Waals surface area contributed by atoms with Crippen molar-refractivity contribution < 1.29 is 9.53 Å². The molecule has 0 saturated carbocycles. The van der Waals surface area contributed by atoms with Crippen LogP contribution in [0.15, 0.2) is 28.7 Å². The van der Waals surface area contributed by atoms with Crippen molar-refractivity contribution in [3.63, 3.8) is 0 Å². The first kappa shape index (κ1) is 15.8. The maximum Gasteiger partial charge on any atom is 0.197 e. The average Bonchev–Trinajstić information content (AvgIpc) is 2.40. The fourth-order valence-corrected chi connectivity index (χ4v) is 3.18. The van der Waals surface area contributed by atoms with Crippen molar-refractivity contribution in [1.82, 2.24) is 0 Å². The second-order valence-electron chi connectivity index (χ2n) is 5.41. The first-order valence-electron chi connectivity index (χ1n) is 6.81. The largest absolute Gasteiger partial charge is 0.496 e. The molecule has 2 nitrogen and oxygen atoms in total. The molecule has 0 radical (unpaired) electrons. The highest BCUT2D eigenvalue weighted by Gasteiger charge is 2.21. The highest BCUT2D eigenvalue weighted by molar-refractivity contribution is 9.10. The summed E-state index contributed by atoms with van der Waals surface area (Å²) in [5, 5.41) is 0. The molecule has 0 aliphatic rings. The predicted octanol–water partition coefficient (Wildman–Crippen LogP) is 4.92. The van der Waals surface area contributed by atoms with Crippen LogP contribution in [-0.4, -0.2) is 12.9 Å². The third-order valence-corrected chi connectivity index (χ3v) is 4.40. The van der Waals surface area contributed by atoms with Gasteiger partial charge in [0.1, 0.15) is 5.75 Å². The number of hydrogen-bond acceptors (Lipinski definition) is 2. The second-order valence-corrected chi connectivity index (χ2v) is 6.27. The fraction of sp³-hybridized carbons (Fsp3) is 0.278. The Bertz CT molecular complexity index is 697. The van der Waals surface area contributed by atoms with Gasteiger partial charge >= 0.3 is 0 Å². The molecule has 0 aliphatic carbocycles. The quantitative estimate of drug-likeness (QED) is 0.737. The fourth-order valence-electron chi connectivity index (χ4n) is 2.64. The lowest BCUT2D eigenvalue weighted by Gasteiger charge is -2.15. The number of hydrogen-bond donors (Lipinski definition) is 0. The van der Waals surface area contributed by atoms with E-state index in [-0.39, 0.29) is 5.78 Å². The molecular weight excluding hydrogens is 328 g/mol. The standard InChI is InChI=1S/C18H19BrO2/c1-10-6-11(2)8-14(7-10)17(20)16-13(4)15(19)9-12(3)18(16)21-5/h6-9H,1-5H3. The monoisotopic (exact) mass is 346 g/mol. The molecule has 3 heteroatoms. The van der Waals surface area contributed by atoms with E-state index in [2.05, 4.69) is 22.0 Å². The molecular formula is C18H19BrO2. The van der Waals surface area contributed by atoms with Crippen molar-refractivity contribution >= 4 is 21.7 Å². The van der Waals surface area contributed by atoms with Crippen molar-refractivity contribution in [2.75, 3.05) is 7.11 Å². The van der Waals surface area contributed by atoms with Crippen molar-refractivity contribution in [3.8, 4) is 5.75 Å². The smallest absolute Gasteiger partial charge is 0.197 e. The van der Waals surface area contributed by atoms with Crippen LogP contribution in [0.2, 0.25) is 0 Å². The minimum atomic E-state index is 0.000509. The number of carbonyl (C=O) groups excluding carboxylic acids is 1. The number of ketones is 1. The lowest BCUT2D eigenvalue weighted by molar-refractivity contribution is 0.103. The highest BCUT2D eigenvalue weighted by Crippen LogP contribution is 2.34. The molecule has 2 aromatic rings. The topological polar surface area (TPSA) is 26.3 Å². The van der Waals surface area contributed by atoms with E-state index < -0.39 is 0 Å². The highest BCUT2D eigenvalue weighted by atomic mass is 79.9. The molecule has 2 rings (SSSR count). The predicted molar refractivity (Wildman–Crippen MR) is 89.5 cm³/mol. The number of rotatable bonds is 3. The minimum absolute atomic E-state index is 0.000509. The van der Waals surface area contributed by atoms with Crippen LogP contribution in [0.4, 0.5) is 0 Å². The van der Waals surface area contributed by atoms with Gasteiger partial charge in [-0.05, 0) is 57.0 Å². The van der Waals surface area contributed by atoms with E-state index in [9.17, 15) is 4.79 Å². The Balaban J connectivity index is 2.68. The summed E-state index contributed by atoms with van der Waals surface area (Å²) in [6.45, 7) is 7.88. The second kappa shape index (κ2) is 6.02. The van der Waals surface area contributed by atoms with E-state index in [1.807, 2.05) is 45.9 Å². The maximum absolute atomic E-state index is 13.0. The number of aryl methyl sites for hydroxylation is 3. The summed E-state index contributed by atoms with van der Waals surface area (Å²) in [5.41, 5.74) is 5.36. The normalized spacial score (nSPS) is 10.6. The van der Waals surface area contributed by atoms with Gasteiger partial charge in [0.05, 0.1) is 12.7 Å². The van der Waals surface area contributed by atoms with Gasteiger partial charge in [0.2, 0.25) is 0 Å². The molecule has 21 heavy (non-hydrogen) atoms. The van der Waals surface area contributed by atoms with Gasteiger partial charge in [-0.3, -0.25) is 4.79 Å². The van der Waals surface area contributed by atoms with E-state index in [0.717, 1.165) is 26.7 Å². The molecule has 0 saturated heterocycles. The van der Waals surface area contributed by atoms with Crippen LogP contribution >= 0.6 is 15.9 Å². The van der Waals surface area contributed by atoms with Crippen LogP contribution in [0, 0.1) is 27.7 Å². The summed E-state index contributed by atoms with van der Waals surface area (Å²) in [7, 11) is 1.61. The minimum Gasteiger partial charge on any atom is -0.496 e. The van der Waals surface area contributed by atoms with E-state index >= 15 is 0 Å². The number of ether oxygens (including phenoxy) is 1. The number of carbonyl (C=O) groups is 1. The summed E-state index contributed by atoms with van der Waals surface area (Å²) >= 11 is 3.52. The third-order valence-electron chi connectivity index (χ3n) is 3.58. The Morgan fingerprint density at radius 2 is 1.57 bits per heavy atom. The molecule has 0 amide bonds. The molecule has 0 bridgehead atoms. The zero-order valence-electron chi connectivity index (χ0n) is 13.0. The van der Waals surface area contributed by atoms with E-state index in [4.69, 9.17) is 4.74 Å². The lowest BCUT2D eigenvalue weighted by Crippen LogP contribution is -2.09. The number of methoxy groups -OCH3 is 1. The van der Waals surface area contributed by atoms with Gasteiger partial charge in [-0.2, -0.15) is 0 Å². The number of benzene rings is 2. The lowest BCUT2D eigenvalue weighted by atomic mass is 9.94. The van der Waals surface area contributed by atoms with Crippen molar-refractivity contribution in [2.24, 2.45) is 0 Å². The molecule has 0 unspecified atom stereocenters. The third kappa shape index (κ3) is 3.03. The van der Waals surface area contributed by atoms with Gasteiger partial charge in [-0.15, -0.1) is 0 Å². The van der Waals surface area contributed by atoms with Crippen LogP contribution in [0.5, 0.6) is 5.75 Å². The molecule has 110 valence electrons. The Hall–Kier alpha value is -1.61. The molecule has 0 fully saturated rings. The first-order chi connectivity index (χ1) is 9.85. The SMILES string of the molecule is COc1c(C)cc(Br)c(C)c1C(=O)c1cc(C)cc(C)c1. The summed E-state index contributed by atoms with van der Waals surface area (Å²) in [6, 6.07) is 7.88. The van der Waals surface area contributed by atoms with E-state index in [1.165, 1.54) is 0 Å². The number of halogens is 1. The Morgan fingerprint density at radius 3 is 2.10 bits per heavy atom. The summed E-state index contributed by atoms with van der Waals surface area (Å²) < 4.78 is 6.40. The molecule has 2 aromatic carbocycles. The van der Waals surface area contributed by atoms with E-state index in [1.54, 1.807) is 7.11 Å². The Labute approximate surface area is 134 Å². The summed E-state index contributed by atoms with van der Waals surface area (Å²) in [6.07, 6.45) is 0. The molecule has 0 aliphatic heterocycles. The maximum atomic E-state index is 13.0. The van der Waals surface area contributed by atoms with Crippen LogP contribution in [0.3, 0.4) is 0 Å². The van der Waals surface area contributed by atoms with Gasteiger partial charge in [0.15, 0.2) is 5.78 Å². The Morgan fingerprint density at radius 1 is 1.00 bits per heavy atom. The molecule has 0 spiro atoms. The van der Waals surface area contributed by atoms with Crippen molar-refractivity contribution in [3.05, 3.63) is 62.1 Å². The van der Waals surface area contributed by atoms with Crippen LogP contribution in [0.1, 0.15) is 38.2 Å². The van der Waals surface area contributed by atoms with Gasteiger partial charge in [0.25, 0.3) is 0 Å². The zero-order chi connectivity index (χ0) is 15.7. The Kier molecular flexibility index (Phi) is 4.52. The van der Waals surface area contributed by atoms with Crippen LogP contribution in [-0.2, 0) is 0 Å². The van der Waals surface area contributed by atoms with Crippen LogP contribution < -0.4 is 4.74 Å². The summed E-state index contributed by atoms with van der Waals surface area (Å²) in [4.78, 5) is 13.0. The average molecular weight is 347 g/mol. The van der Waals surface area contributed by atoms with Crippen LogP contribution in [0.25, 0.3) is 0 Å².